The summed E-state index contributed by atoms with van der Waals surface area (Å²) >= 11 is 0. The monoisotopic (exact) mass is 408 g/mol. The zero-order chi connectivity index (χ0) is 21.7. The van der Waals surface area contributed by atoms with Crippen LogP contribution in [-0.4, -0.2) is 59.1 Å². The van der Waals surface area contributed by atoms with E-state index in [1.54, 1.807) is 31.3 Å². The second-order valence-corrected chi connectivity index (χ2v) is 7.27. The van der Waals surface area contributed by atoms with E-state index in [9.17, 15) is 19.2 Å². The van der Waals surface area contributed by atoms with Crippen LogP contribution < -0.4 is 11.1 Å². The van der Waals surface area contributed by atoms with Crippen LogP contribution in [-0.2, 0) is 27.3 Å². The fraction of sp³-hybridized carbons (Fsp3) is 0.273. The molecule has 2 atom stereocenters. The summed E-state index contributed by atoms with van der Waals surface area (Å²) in [6, 6.07) is 16.2. The van der Waals surface area contributed by atoms with Crippen molar-refractivity contribution in [2.24, 2.45) is 5.73 Å². The Morgan fingerprint density at radius 1 is 1.03 bits per heavy atom. The highest BCUT2D eigenvalue weighted by molar-refractivity contribution is 6.38. The number of primary amides is 1. The molecule has 0 aliphatic carbocycles. The zero-order valence-corrected chi connectivity index (χ0v) is 16.7. The number of nitrogens with two attached hydrogens (primary N) is 1. The van der Waals surface area contributed by atoms with Gasteiger partial charge in [-0.05, 0) is 11.1 Å². The molecule has 156 valence electrons. The van der Waals surface area contributed by atoms with Crippen molar-refractivity contribution in [2.45, 2.75) is 25.0 Å². The lowest BCUT2D eigenvalue weighted by Gasteiger charge is -2.25. The summed E-state index contributed by atoms with van der Waals surface area (Å²) in [4.78, 5) is 52.3. The minimum Gasteiger partial charge on any atom is -0.363 e. The summed E-state index contributed by atoms with van der Waals surface area (Å²) in [5, 5.41) is 2.64. The van der Waals surface area contributed by atoms with Crippen LogP contribution in [0.4, 0.5) is 4.79 Å². The van der Waals surface area contributed by atoms with E-state index >= 15 is 0 Å². The van der Waals surface area contributed by atoms with Gasteiger partial charge >= 0.3 is 6.03 Å². The SMILES string of the molecule is CN1C[C@H](C(=O)NC(Cc2ccccc2)C(=O)C(N)=O)N(Cc2ccccc2)C1=O. The maximum Gasteiger partial charge on any atom is 0.320 e. The Kier molecular flexibility index (Phi) is 6.46. The molecule has 1 heterocycles. The molecule has 2 aromatic rings. The van der Waals surface area contributed by atoms with Crippen LogP contribution in [0.3, 0.4) is 0 Å². The first-order valence-electron chi connectivity index (χ1n) is 9.60. The number of hydrogen-bond donors (Lipinski definition) is 2. The Morgan fingerprint density at radius 2 is 1.60 bits per heavy atom. The van der Waals surface area contributed by atoms with Crippen LogP contribution in [0, 0.1) is 0 Å². The van der Waals surface area contributed by atoms with Crippen molar-refractivity contribution in [1.82, 2.24) is 15.1 Å². The fourth-order valence-electron chi connectivity index (χ4n) is 3.47. The van der Waals surface area contributed by atoms with Crippen molar-refractivity contribution in [3.05, 3.63) is 71.8 Å². The summed E-state index contributed by atoms with van der Waals surface area (Å²) in [5.74, 6) is -2.49. The van der Waals surface area contributed by atoms with Crippen LogP contribution in [0.5, 0.6) is 0 Å². The Bertz CT molecular complexity index is 933. The number of urea groups is 1. The first-order valence-corrected chi connectivity index (χ1v) is 9.60. The van der Waals surface area contributed by atoms with Gasteiger partial charge in [-0.15, -0.1) is 0 Å². The molecule has 2 aromatic carbocycles. The predicted molar refractivity (Wildman–Crippen MR) is 110 cm³/mol. The highest BCUT2D eigenvalue weighted by Gasteiger charge is 2.41. The summed E-state index contributed by atoms with van der Waals surface area (Å²) in [5.41, 5.74) is 6.84. The van der Waals surface area contributed by atoms with Gasteiger partial charge in [0, 0.05) is 20.0 Å². The number of amides is 4. The zero-order valence-electron chi connectivity index (χ0n) is 16.7. The van der Waals surface area contributed by atoms with E-state index in [2.05, 4.69) is 5.32 Å². The Morgan fingerprint density at radius 3 is 2.17 bits per heavy atom. The van der Waals surface area contributed by atoms with E-state index in [1.807, 2.05) is 36.4 Å². The van der Waals surface area contributed by atoms with E-state index < -0.39 is 29.7 Å². The third kappa shape index (κ3) is 4.83. The standard InChI is InChI=1S/C22H24N4O4/c1-25-14-18(26(22(25)30)13-16-10-6-3-7-11-16)21(29)24-17(19(27)20(23)28)12-15-8-4-2-5-9-15/h2-11,17-18H,12-14H2,1H3,(H2,23,28)(H,24,29)/t17?,18-/m1/s1. The normalized spacial score (nSPS) is 17.0. The van der Waals surface area contributed by atoms with Crippen LogP contribution in [0.25, 0.3) is 0 Å². The minimum atomic E-state index is -1.11. The first kappa shape index (κ1) is 21.0. The van der Waals surface area contributed by atoms with E-state index in [4.69, 9.17) is 5.73 Å². The lowest BCUT2D eigenvalue weighted by Crippen LogP contribution is -2.53. The molecule has 1 aliphatic heterocycles. The van der Waals surface area contributed by atoms with Crippen LogP contribution in [0.15, 0.2) is 60.7 Å². The number of carbonyl (C=O) groups excluding carboxylic acids is 4. The topological polar surface area (TPSA) is 113 Å². The number of rotatable bonds is 8. The molecule has 4 amide bonds. The van der Waals surface area contributed by atoms with Gasteiger partial charge in [0.2, 0.25) is 11.7 Å². The molecule has 8 nitrogen and oxygen atoms in total. The number of Topliss-reactive ketones (excluding diaryl/α,β-unsaturated/α-hetero) is 1. The largest absolute Gasteiger partial charge is 0.363 e. The van der Waals surface area contributed by atoms with E-state index in [0.29, 0.717) is 0 Å². The van der Waals surface area contributed by atoms with E-state index in [-0.39, 0.29) is 25.5 Å². The Balaban J connectivity index is 1.78. The van der Waals surface area contributed by atoms with Gasteiger partial charge in [0.1, 0.15) is 12.1 Å². The molecule has 30 heavy (non-hydrogen) atoms. The molecule has 1 unspecified atom stereocenters. The van der Waals surface area contributed by atoms with Crippen molar-refractivity contribution in [1.29, 1.82) is 0 Å². The van der Waals surface area contributed by atoms with Gasteiger partial charge < -0.3 is 20.9 Å². The quantitative estimate of drug-likeness (QED) is 0.626. The number of benzene rings is 2. The molecule has 0 bridgehead atoms. The van der Waals surface area contributed by atoms with Gasteiger partial charge in [0.25, 0.3) is 5.91 Å². The third-order valence-electron chi connectivity index (χ3n) is 5.05. The number of nitrogens with zero attached hydrogens (tertiary/aromatic N) is 2. The summed E-state index contributed by atoms with van der Waals surface area (Å²) in [6.07, 6.45) is 0.129. The van der Waals surface area contributed by atoms with Crippen molar-refractivity contribution < 1.29 is 19.2 Å². The molecule has 0 aromatic heterocycles. The van der Waals surface area contributed by atoms with Crippen LogP contribution in [0.2, 0.25) is 0 Å². The van der Waals surface area contributed by atoms with E-state index in [1.165, 1.54) is 9.80 Å². The lowest BCUT2D eigenvalue weighted by atomic mass is 10.0. The lowest BCUT2D eigenvalue weighted by molar-refractivity contribution is -0.138. The molecule has 8 heteroatoms. The molecule has 1 fully saturated rings. The molecule has 3 N–H and O–H groups in total. The van der Waals surface area contributed by atoms with Gasteiger partial charge in [0.05, 0.1) is 6.54 Å². The average molecular weight is 408 g/mol. The van der Waals surface area contributed by atoms with Crippen molar-refractivity contribution in [3.8, 4) is 0 Å². The molecule has 0 saturated carbocycles. The number of likely N-dealkylation sites (N-methyl/N-ethyl adjacent to an activating group) is 1. The Hall–Kier alpha value is -3.68. The molecule has 1 saturated heterocycles. The fourth-order valence-corrected chi connectivity index (χ4v) is 3.47. The second kappa shape index (κ2) is 9.21. The maximum absolute atomic E-state index is 13.0. The smallest absolute Gasteiger partial charge is 0.320 e. The van der Waals surface area contributed by atoms with Gasteiger partial charge in [0.15, 0.2) is 0 Å². The van der Waals surface area contributed by atoms with Crippen LogP contribution in [0.1, 0.15) is 11.1 Å². The minimum absolute atomic E-state index is 0.129. The van der Waals surface area contributed by atoms with Gasteiger partial charge in [-0.3, -0.25) is 14.4 Å². The first-order chi connectivity index (χ1) is 14.4. The van der Waals surface area contributed by atoms with Crippen molar-refractivity contribution >= 4 is 23.6 Å². The van der Waals surface area contributed by atoms with Gasteiger partial charge in [-0.2, -0.15) is 0 Å². The number of carbonyl (C=O) groups is 4. The van der Waals surface area contributed by atoms with Crippen molar-refractivity contribution in [3.63, 3.8) is 0 Å². The number of hydrogen-bond acceptors (Lipinski definition) is 4. The molecule has 0 radical (unpaired) electrons. The van der Waals surface area contributed by atoms with E-state index in [0.717, 1.165) is 11.1 Å². The highest BCUT2D eigenvalue weighted by Crippen LogP contribution is 2.19. The molecule has 1 aliphatic rings. The summed E-state index contributed by atoms with van der Waals surface area (Å²) in [7, 11) is 1.61. The van der Waals surface area contributed by atoms with Crippen LogP contribution >= 0.6 is 0 Å². The number of nitrogens with one attached hydrogen (secondary N) is 1. The molecular weight excluding hydrogens is 384 g/mol. The Labute approximate surface area is 174 Å². The highest BCUT2D eigenvalue weighted by atomic mass is 16.2. The summed E-state index contributed by atoms with van der Waals surface area (Å²) < 4.78 is 0. The third-order valence-corrected chi connectivity index (χ3v) is 5.05. The average Bonchev–Trinajstić information content (AvgIpc) is 3.02. The van der Waals surface area contributed by atoms with Crippen molar-refractivity contribution in [2.75, 3.05) is 13.6 Å². The number of ketones is 1. The molecule has 3 rings (SSSR count). The summed E-state index contributed by atoms with van der Waals surface area (Å²) in [6.45, 7) is 0.440. The maximum atomic E-state index is 13.0. The van der Waals surface area contributed by atoms with Gasteiger partial charge in [-0.1, -0.05) is 60.7 Å². The molecular formula is C22H24N4O4. The second-order valence-electron chi connectivity index (χ2n) is 7.27. The van der Waals surface area contributed by atoms with Gasteiger partial charge in [-0.25, -0.2) is 4.79 Å². The predicted octanol–water partition coefficient (Wildman–Crippen LogP) is 0.705. The molecule has 0 spiro atoms.